The van der Waals surface area contributed by atoms with Gasteiger partial charge in [-0.25, -0.2) is 0 Å². The van der Waals surface area contributed by atoms with Gasteiger partial charge in [-0.05, 0) is 48.0 Å². The number of ketones is 1. The largest absolute Gasteiger partial charge is 0.493 e. The van der Waals surface area contributed by atoms with Crippen LogP contribution in [0.25, 0.3) is 6.08 Å². The fourth-order valence-corrected chi connectivity index (χ4v) is 2.55. The van der Waals surface area contributed by atoms with Crippen molar-refractivity contribution in [3.8, 4) is 29.9 Å². The van der Waals surface area contributed by atoms with Gasteiger partial charge in [0.05, 0.1) is 12.1 Å². The maximum absolute atomic E-state index is 12.5. The number of halogens is 2. The Morgan fingerprint density at radius 1 is 1.27 bits per heavy atom. The van der Waals surface area contributed by atoms with Crippen LogP contribution in [0.2, 0.25) is 10.0 Å². The monoisotopic (exact) mass is 385 g/mol. The number of rotatable bonds is 6. The molecule has 0 spiro atoms. The summed E-state index contributed by atoms with van der Waals surface area (Å²) in [5.74, 6) is 2.56. The highest BCUT2D eigenvalue weighted by atomic mass is 35.5. The molecule has 2 rings (SSSR count). The van der Waals surface area contributed by atoms with E-state index in [2.05, 4.69) is 5.92 Å². The SMILES string of the molecule is C#CCOc1c(Cl)cc(/C=C(\C#N)C(=O)c2ccc(Cl)cc2)cc1OC. The number of nitrogens with zero attached hydrogens (tertiary/aromatic N) is 1. The average Bonchev–Trinajstić information content (AvgIpc) is 2.64. The van der Waals surface area contributed by atoms with E-state index in [-0.39, 0.29) is 17.2 Å². The second-order valence-corrected chi connectivity index (χ2v) is 5.88. The van der Waals surface area contributed by atoms with Crippen molar-refractivity contribution in [1.82, 2.24) is 0 Å². The molecular weight excluding hydrogens is 373 g/mol. The Morgan fingerprint density at radius 2 is 1.96 bits per heavy atom. The first-order valence-corrected chi connectivity index (χ1v) is 8.11. The molecule has 6 heteroatoms. The van der Waals surface area contributed by atoms with E-state index in [1.807, 2.05) is 6.07 Å². The molecule has 4 nitrogen and oxygen atoms in total. The third-order valence-electron chi connectivity index (χ3n) is 3.33. The van der Waals surface area contributed by atoms with E-state index in [1.54, 1.807) is 36.4 Å². The number of Topliss-reactive ketones (excluding diaryl/α,β-unsaturated/α-hetero) is 1. The molecule has 0 radical (unpaired) electrons. The second kappa shape index (κ2) is 8.97. The van der Waals surface area contributed by atoms with Gasteiger partial charge in [-0.15, -0.1) is 6.42 Å². The average molecular weight is 386 g/mol. The summed E-state index contributed by atoms with van der Waals surface area (Å²) in [5.41, 5.74) is 0.816. The van der Waals surface area contributed by atoms with Gasteiger partial charge in [0.25, 0.3) is 0 Å². The minimum atomic E-state index is -0.424. The Bertz CT molecular complexity index is 935. The Balaban J connectivity index is 2.41. The number of benzene rings is 2. The van der Waals surface area contributed by atoms with Gasteiger partial charge in [-0.2, -0.15) is 5.26 Å². The molecule has 0 saturated carbocycles. The predicted molar refractivity (Wildman–Crippen MR) is 102 cm³/mol. The Labute approximate surface area is 161 Å². The van der Waals surface area contributed by atoms with Crippen molar-refractivity contribution in [1.29, 1.82) is 5.26 Å². The molecule has 0 aliphatic heterocycles. The van der Waals surface area contributed by atoms with E-state index in [1.165, 1.54) is 13.2 Å². The lowest BCUT2D eigenvalue weighted by Gasteiger charge is -2.11. The van der Waals surface area contributed by atoms with Crippen LogP contribution in [0.15, 0.2) is 42.0 Å². The summed E-state index contributed by atoms with van der Waals surface area (Å²) < 4.78 is 10.6. The third kappa shape index (κ3) is 4.58. The number of nitriles is 1. The van der Waals surface area contributed by atoms with Crippen LogP contribution in [-0.2, 0) is 0 Å². The molecule has 2 aromatic rings. The van der Waals surface area contributed by atoms with Gasteiger partial charge in [0.1, 0.15) is 18.2 Å². The quantitative estimate of drug-likeness (QED) is 0.310. The summed E-state index contributed by atoms with van der Waals surface area (Å²) in [6.07, 6.45) is 6.61. The predicted octanol–water partition coefficient (Wildman–Crippen LogP) is 4.80. The molecule has 0 heterocycles. The molecule has 26 heavy (non-hydrogen) atoms. The van der Waals surface area contributed by atoms with Crippen molar-refractivity contribution in [3.05, 3.63) is 63.1 Å². The summed E-state index contributed by atoms with van der Waals surface area (Å²) in [6, 6.07) is 11.3. The smallest absolute Gasteiger partial charge is 0.203 e. The van der Waals surface area contributed by atoms with Gasteiger partial charge >= 0.3 is 0 Å². The molecule has 0 fully saturated rings. The molecular formula is C20H13Cl2NO3. The van der Waals surface area contributed by atoms with Crippen LogP contribution in [0, 0.1) is 23.7 Å². The van der Waals surface area contributed by atoms with Crippen molar-refractivity contribution >= 4 is 35.1 Å². The standard InChI is InChI=1S/C20H13Cl2NO3/c1-3-8-26-20-17(22)10-13(11-18(20)25-2)9-15(12-23)19(24)14-4-6-16(21)7-5-14/h1,4-7,9-11H,8H2,2H3/b15-9+. The van der Waals surface area contributed by atoms with Crippen molar-refractivity contribution in [3.63, 3.8) is 0 Å². The number of hydrogen-bond donors (Lipinski definition) is 0. The van der Waals surface area contributed by atoms with Crippen LogP contribution in [0.1, 0.15) is 15.9 Å². The number of terminal acetylenes is 1. The van der Waals surface area contributed by atoms with E-state index in [9.17, 15) is 10.1 Å². The van der Waals surface area contributed by atoms with Gasteiger partial charge in [0, 0.05) is 10.6 Å². The zero-order chi connectivity index (χ0) is 19.1. The minimum absolute atomic E-state index is 0.0315. The molecule has 0 aliphatic rings. The number of ether oxygens (including phenoxy) is 2. The summed E-state index contributed by atoms with van der Waals surface area (Å²) in [4.78, 5) is 12.5. The molecule has 130 valence electrons. The molecule has 0 aromatic heterocycles. The summed E-state index contributed by atoms with van der Waals surface area (Å²) in [7, 11) is 1.45. The maximum atomic E-state index is 12.5. The number of allylic oxidation sites excluding steroid dienone is 1. The first kappa shape index (κ1) is 19.4. The fourth-order valence-electron chi connectivity index (χ4n) is 2.15. The normalized spacial score (nSPS) is 10.6. The van der Waals surface area contributed by atoms with Crippen LogP contribution in [0.5, 0.6) is 11.5 Å². The van der Waals surface area contributed by atoms with Gasteiger partial charge in [0.2, 0.25) is 5.78 Å². The number of carbonyl (C=O) groups excluding carboxylic acids is 1. The fraction of sp³-hybridized carbons (Fsp3) is 0.100. The van der Waals surface area contributed by atoms with E-state index in [0.29, 0.717) is 27.6 Å². The topological polar surface area (TPSA) is 59.3 Å². The van der Waals surface area contributed by atoms with Crippen molar-refractivity contribution in [2.75, 3.05) is 13.7 Å². The molecule has 0 saturated heterocycles. The highest BCUT2D eigenvalue weighted by Gasteiger charge is 2.15. The molecule has 0 unspecified atom stereocenters. The molecule has 0 aliphatic carbocycles. The maximum Gasteiger partial charge on any atom is 0.203 e. The van der Waals surface area contributed by atoms with E-state index in [4.69, 9.17) is 39.1 Å². The number of carbonyl (C=O) groups is 1. The van der Waals surface area contributed by atoms with Crippen LogP contribution >= 0.6 is 23.2 Å². The van der Waals surface area contributed by atoms with Crippen LogP contribution < -0.4 is 9.47 Å². The molecule has 2 aromatic carbocycles. The highest BCUT2D eigenvalue weighted by molar-refractivity contribution is 6.32. The van der Waals surface area contributed by atoms with E-state index < -0.39 is 5.78 Å². The highest BCUT2D eigenvalue weighted by Crippen LogP contribution is 2.37. The van der Waals surface area contributed by atoms with Crippen molar-refractivity contribution < 1.29 is 14.3 Å². The van der Waals surface area contributed by atoms with Gasteiger partial charge in [-0.3, -0.25) is 4.79 Å². The van der Waals surface area contributed by atoms with Crippen molar-refractivity contribution in [2.24, 2.45) is 0 Å². The Hall–Kier alpha value is -2.92. The molecule has 0 bridgehead atoms. The number of hydrogen-bond acceptors (Lipinski definition) is 4. The van der Waals surface area contributed by atoms with Crippen LogP contribution in [0.4, 0.5) is 0 Å². The molecule has 0 atom stereocenters. The molecule has 0 amide bonds. The summed E-state index contributed by atoms with van der Waals surface area (Å²) in [5, 5.41) is 10.1. The lowest BCUT2D eigenvalue weighted by molar-refractivity contribution is 0.104. The van der Waals surface area contributed by atoms with Crippen LogP contribution in [0.3, 0.4) is 0 Å². The zero-order valence-electron chi connectivity index (χ0n) is 13.8. The third-order valence-corrected chi connectivity index (χ3v) is 3.87. The first-order chi connectivity index (χ1) is 12.5. The van der Waals surface area contributed by atoms with Gasteiger partial charge < -0.3 is 9.47 Å². The number of methoxy groups -OCH3 is 1. The Morgan fingerprint density at radius 3 is 2.54 bits per heavy atom. The Kier molecular flexibility index (Phi) is 6.69. The summed E-state index contributed by atoms with van der Waals surface area (Å²) >= 11 is 12.0. The molecule has 0 N–H and O–H groups in total. The van der Waals surface area contributed by atoms with Crippen molar-refractivity contribution in [2.45, 2.75) is 0 Å². The minimum Gasteiger partial charge on any atom is -0.493 e. The van der Waals surface area contributed by atoms with E-state index >= 15 is 0 Å². The van der Waals surface area contributed by atoms with Gasteiger partial charge in [-0.1, -0.05) is 29.1 Å². The van der Waals surface area contributed by atoms with E-state index in [0.717, 1.165) is 0 Å². The lowest BCUT2D eigenvalue weighted by atomic mass is 10.0. The van der Waals surface area contributed by atoms with Crippen LogP contribution in [-0.4, -0.2) is 19.5 Å². The van der Waals surface area contributed by atoms with Gasteiger partial charge in [0.15, 0.2) is 11.5 Å². The summed E-state index contributed by atoms with van der Waals surface area (Å²) in [6.45, 7) is 0.0315. The second-order valence-electron chi connectivity index (χ2n) is 5.03. The first-order valence-electron chi connectivity index (χ1n) is 7.36. The lowest BCUT2D eigenvalue weighted by Crippen LogP contribution is -2.02. The zero-order valence-corrected chi connectivity index (χ0v) is 15.3.